The van der Waals surface area contributed by atoms with Gasteiger partial charge in [-0.1, -0.05) is 41.7 Å². The Hall–Kier alpha value is -2.09. The predicted octanol–water partition coefficient (Wildman–Crippen LogP) is 4.97. The second kappa shape index (κ2) is 8.53. The number of benzene rings is 2. The number of halogens is 1. The Bertz CT molecular complexity index is 987. The Morgan fingerprint density at radius 2 is 1.81 bits per heavy atom. The second-order valence-corrected chi connectivity index (χ2v) is 7.25. The number of fused-ring (bicyclic) bond motifs is 1. The van der Waals surface area contributed by atoms with Crippen LogP contribution in [0.3, 0.4) is 0 Å². The molecule has 2 aromatic heterocycles. The third-order valence-electron chi connectivity index (χ3n) is 3.58. The van der Waals surface area contributed by atoms with Gasteiger partial charge in [-0.05, 0) is 31.2 Å². The Labute approximate surface area is 165 Å². The lowest BCUT2D eigenvalue weighted by molar-refractivity contribution is 0.341. The highest BCUT2D eigenvalue weighted by molar-refractivity contribution is 7.98. The van der Waals surface area contributed by atoms with E-state index >= 15 is 0 Å². The van der Waals surface area contributed by atoms with Gasteiger partial charge in [-0.15, -0.1) is 34.4 Å². The molecule has 0 aliphatic rings. The second-order valence-electron chi connectivity index (χ2n) is 5.25. The van der Waals surface area contributed by atoms with Gasteiger partial charge in [-0.2, -0.15) is 9.61 Å². The van der Waals surface area contributed by atoms with E-state index in [1.807, 2.05) is 53.9 Å². The maximum atomic E-state index is 5.72. The summed E-state index contributed by atoms with van der Waals surface area (Å²) in [6.45, 7) is 2.61. The minimum Gasteiger partial charge on any atom is -0.493 e. The molecule has 26 heavy (non-hydrogen) atoms. The summed E-state index contributed by atoms with van der Waals surface area (Å²) in [6, 6.07) is 18.2. The van der Waals surface area contributed by atoms with Crippen LogP contribution in [0.5, 0.6) is 5.75 Å². The quantitative estimate of drug-likeness (QED) is 0.425. The van der Waals surface area contributed by atoms with Gasteiger partial charge in [-0.3, -0.25) is 0 Å². The molecule has 0 unspecified atom stereocenters. The normalized spacial score (nSPS) is 10.7. The first kappa shape index (κ1) is 18.7. The van der Waals surface area contributed by atoms with Crippen LogP contribution in [0.1, 0.15) is 12.7 Å². The summed E-state index contributed by atoms with van der Waals surface area (Å²) in [6.07, 6.45) is 0. The molecule has 0 spiro atoms. The highest BCUT2D eigenvalue weighted by Gasteiger charge is 2.15. The monoisotopic (exact) mass is 404 g/mol. The zero-order valence-corrected chi connectivity index (χ0v) is 16.5. The lowest BCUT2D eigenvalue weighted by Gasteiger charge is -2.06. The standard InChI is InChI=1S/C18H16N4OS2.ClH/c1-2-23-15-11-7-6-10-14(15)17-21-22-16(19-20-18(22)25-17)12-24-13-8-4-3-5-9-13;/h3-11H,2,12H2,1H3;1H. The van der Waals surface area contributed by atoms with Crippen LogP contribution in [0.25, 0.3) is 15.5 Å². The number of thioether (sulfide) groups is 1. The van der Waals surface area contributed by atoms with Crippen molar-refractivity contribution in [3.05, 3.63) is 60.4 Å². The summed E-state index contributed by atoms with van der Waals surface area (Å²) in [4.78, 5) is 2.00. The van der Waals surface area contributed by atoms with E-state index in [1.165, 1.54) is 16.2 Å². The molecule has 0 atom stereocenters. The number of ether oxygens (including phenoxy) is 1. The average Bonchev–Trinajstić information content (AvgIpc) is 3.23. The maximum absolute atomic E-state index is 5.72. The smallest absolute Gasteiger partial charge is 0.235 e. The molecule has 2 aromatic carbocycles. The van der Waals surface area contributed by atoms with Crippen molar-refractivity contribution in [3.63, 3.8) is 0 Å². The molecule has 0 aliphatic carbocycles. The van der Waals surface area contributed by atoms with E-state index in [1.54, 1.807) is 11.8 Å². The third-order valence-corrected chi connectivity index (χ3v) is 5.52. The first-order chi connectivity index (χ1) is 12.3. The van der Waals surface area contributed by atoms with E-state index in [2.05, 4.69) is 22.3 Å². The van der Waals surface area contributed by atoms with E-state index < -0.39 is 0 Å². The molecule has 0 saturated heterocycles. The van der Waals surface area contributed by atoms with Crippen LogP contribution in [0.4, 0.5) is 0 Å². The fourth-order valence-corrected chi connectivity index (χ4v) is 4.16. The highest BCUT2D eigenvalue weighted by atomic mass is 35.5. The number of hydrogen-bond acceptors (Lipinski definition) is 6. The van der Waals surface area contributed by atoms with Crippen molar-refractivity contribution >= 4 is 40.5 Å². The highest BCUT2D eigenvalue weighted by Crippen LogP contribution is 2.33. The number of rotatable bonds is 6. The van der Waals surface area contributed by atoms with Crippen molar-refractivity contribution in [3.8, 4) is 16.3 Å². The Morgan fingerprint density at radius 3 is 2.62 bits per heavy atom. The molecule has 0 saturated carbocycles. The van der Waals surface area contributed by atoms with Gasteiger partial charge in [0.2, 0.25) is 4.96 Å². The zero-order valence-electron chi connectivity index (χ0n) is 14.0. The Kier molecular flexibility index (Phi) is 6.13. The van der Waals surface area contributed by atoms with Crippen molar-refractivity contribution < 1.29 is 4.74 Å². The molecule has 0 amide bonds. The van der Waals surface area contributed by atoms with Crippen LogP contribution in [0.15, 0.2) is 59.5 Å². The maximum Gasteiger partial charge on any atom is 0.235 e. The van der Waals surface area contributed by atoms with Gasteiger partial charge in [0.25, 0.3) is 0 Å². The lowest BCUT2D eigenvalue weighted by Crippen LogP contribution is -1.96. The van der Waals surface area contributed by atoms with Gasteiger partial charge in [0, 0.05) is 4.90 Å². The molecule has 4 aromatic rings. The summed E-state index contributed by atoms with van der Waals surface area (Å²) >= 11 is 3.25. The minimum atomic E-state index is 0. The van der Waals surface area contributed by atoms with E-state index in [0.717, 1.165) is 32.9 Å². The summed E-state index contributed by atoms with van der Waals surface area (Å²) in [7, 11) is 0. The number of nitrogens with zero attached hydrogens (tertiary/aromatic N) is 4. The summed E-state index contributed by atoms with van der Waals surface area (Å²) in [5.74, 6) is 2.41. The van der Waals surface area contributed by atoms with Crippen molar-refractivity contribution in [2.45, 2.75) is 17.6 Å². The van der Waals surface area contributed by atoms with Crippen molar-refractivity contribution in [2.75, 3.05) is 6.61 Å². The third kappa shape index (κ3) is 3.85. The van der Waals surface area contributed by atoms with Gasteiger partial charge in [-0.25, -0.2) is 0 Å². The van der Waals surface area contributed by atoms with Crippen LogP contribution in [0.2, 0.25) is 0 Å². The zero-order chi connectivity index (χ0) is 17.1. The first-order valence-corrected chi connectivity index (χ1v) is 9.76. The first-order valence-electron chi connectivity index (χ1n) is 7.96. The SMILES string of the molecule is CCOc1ccccc1-c1nn2c(CSc3ccccc3)nnc2s1.Cl. The van der Waals surface area contributed by atoms with E-state index in [-0.39, 0.29) is 12.4 Å². The Morgan fingerprint density at radius 1 is 1.04 bits per heavy atom. The molecule has 2 heterocycles. The van der Waals surface area contributed by atoms with Crippen LogP contribution < -0.4 is 4.74 Å². The van der Waals surface area contributed by atoms with E-state index in [9.17, 15) is 0 Å². The fraction of sp³-hybridized carbons (Fsp3) is 0.167. The van der Waals surface area contributed by atoms with Crippen molar-refractivity contribution in [1.29, 1.82) is 0 Å². The number of hydrogen-bond donors (Lipinski definition) is 0. The molecule has 0 aliphatic heterocycles. The van der Waals surface area contributed by atoms with Crippen LogP contribution in [0, 0.1) is 0 Å². The fourth-order valence-electron chi connectivity index (χ4n) is 2.45. The molecule has 0 N–H and O–H groups in total. The summed E-state index contributed by atoms with van der Waals surface area (Å²) < 4.78 is 7.55. The summed E-state index contributed by atoms with van der Waals surface area (Å²) in [5, 5.41) is 14.1. The topological polar surface area (TPSA) is 52.3 Å². The molecule has 5 nitrogen and oxygen atoms in total. The van der Waals surface area contributed by atoms with Gasteiger partial charge < -0.3 is 4.74 Å². The molecule has 0 fully saturated rings. The van der Waals surface area contributed by atoms with Crippen LogP contribution >= 0.6 is 35.5 Å². The minimum absolute atomic E-state index is 0. The molecule has 0 bridgehead atoms. The molecule has 134 valence electrons. The van der Waals surface area contributed by atoms with Gasteiger partial charge in [0.05, 0.1) is 17.9 Å². The average molecular weight is 405 g/mol. The summed E-state index contributed by atoms with van der Waals surface area (Å²) in [5.41, 5.74) is 0.988. The van der Waals surface area contributed by atoms with Gasteiger partial charge in [0.15, 0.2) is 10.8 Å². The van der Waals surface area contributed by atoms with Crippen molar-refractivity contribution in [1.82, 2.24) is 19.8 Å². The van der Waals surface area contributed by atoms with Crippen LogP contribution in [-0.2, 0) is 5.75 Å². The van der Waals surface area contributed by atoms with E-state index in [4.69, 9.17) is 9.84 Å². The van der Waals surface area contributed by atoms with Crippen molar-refractivity contribution in [2.24, 2.45) is 0 Å². The lowest BCUT2D eigenvalue weighted by atomic mass is 10.2. The van der Waals surface area contributed by atoms with Gasteiger partial charge in [0.1, 0.15) is 5.75 Å². The van der Waals surface area contributed by atoms with Gasteiger partial charge >= 0.3 is 0 Å². The molecule has 0 radical (unpaired) electrons. The number of aromatic nitrogens is 4. The molecular formula is C18H17ClN4OS2. The Balaban J connectivity index is 0.00000196. The van der Waals surface area contributed by atoms with Crippen LogP contribution in [-0.4, -0.2) is 26.4 Å². The van der Waals surface area contributed by atoms with E-state index in [0.29, 0.717) is 6.61 Å². The number of para-hydroxylation sites is 1. The molecular weight excluding hydrogens is 388 g/mol. The largest absolute Gasteiger partial charge is 0.493 e. The molecule has 4 rings (SSSR count). The molecule has 8 heteroatoms. The predicted molar refractivity (Wildman–Crippen MR) is 109 cm³/mol.